The first-order valence-electron chi connectivity index (χ1n) is 11.7. The molecule has 17 heteroatoms. The molecule has 1 aliphatic heterocycles. The van der Waals surface area contributed by atoms with Crippen molar-refractivity contribution in [2.24, 2.45) is 10.2 Å². The van der Waals surface area contributed by atoms with Crippen molar-refractivity contribution in [3.63, 3.8) is 0 Å². The van der Waals surface area contributed by atoms with E-state index in [1.165, 1.54) is 4.90 Å². The highest BCUT2D eigenvalue weighted by atomic mass is 16.7. The number of hydrogen-bond acceptors (Lipinski definition) is 11. The number of hydrogen-bond donors (Lipinski definition) is 0. The fourth-order valence-electron chi connectivity index (χ4n) is 2.83. The maximum atomic E-state index is 12.7. The first-order chi connectivity index (χ1) is 18.0. The standard InChI is InChI=1S/C20H32N8O9/c21-25-23-5-9-33-13-15-35-11-7-27(8-12-36-16-14-34-10-6-24-26-22)17(29)3-4-20(32)37-28-18(30)1-2-19(28)31/h1-16H2. The van der Waals surface area contributed by atoms with Gasteiger partial charge in [0.05, 0.1) is 59.3 Å². The predicted octanol–water partition coefficient (Wildman–Crippen LogP) is 0.889. The molecule has 206 valence electrons. The number of carbonyl (C=O) groups is 4. The average molecular weight is 529 g/mol. The number of carbonyl (C=O) groups excluding carboxylic acids is 4. The van der Waals surface area contributed by atoms with Gasteiger partial charge < -0.3 is 28.7 Å². The Kier molecular flexibility index (Phi) is 17.7. The SMILES string of the molecule is [N-]=[N+]=NCCOCCOCCN(CCOCCOCCN=[N+]=[N-])C(=O)CCC(=O)ON1C(=O)CCC1=O. The maximum Gasteiger partial charge on any atom is 0.333 e. The molecule has 37 heavy (non-hydrogen) atoms. The first-order valence-corrected chi connectivity index (χ1v) is 11.7. The molecule has 0 saturated carbocycles. The molecule has 1 rings (SSSR count). The van der Waals surface area contributed by atoms with Crippen LogP contribution in [0, 0.1) is 0 Å². The molecule has 0 aromatic rings. The molecule has 0 bridgehead atoms. The Labute approximate surface area is 213 Å². The highest BCUT2D eigenvalue weighted by Crippen LogP contribution is 2.13. The van der Waals surface area contributed by atoms with Crippen molar-refractivity contribution in [1.82, 2.24) is 9.96 Å². The number of azide groups is 2. The summed E-state index contributed by atoms with van der Waals surface area (Å²) in [5.41, 5.74) is 16.4. The lowest BCUT2D eigenvalue weighted by Gasteiger charge is -2.23. The molecule has 1 fully saturated rings. The van der Waals surface area contributed by atoms with Crippen molar-refractivity contribution < 1.29 is 43.0 Å². The lowest BCUT2D eigenvalue weighted by atomic mass is 10.2. The zero-order valence-electron chi connectivity index (χ0n) is 20.6. The lowest BCUT2D eigenvalue weighted by Crippen LogP contribution is -2.37. The fraction of sp³-hybridized carbons (Fsp3) is 0.800. The van der Waals surface area contributed by atoms with Crippen LogP contribution in [0.15, 0.2) is 10.2 Å². The number of imide groups is 1. The minimum atomic E-state index is -0.861. The van der Waals surface area contributed by atoms with Crippen molar-refractivity contribution in [3.05, 3.63) is 20.9 Å². The Morgan fingerprint density at radius 1 is 0.757 bits per heavy atom. The van der Waals surface area contributed by atoms with Crippen molar-refractivity contribution in [1.29, 1.82) is 0 Å². The molecular formula is C20H32N8O9. The molecule has 0 radical (unpaired) electrons. The predicted molar refractivity (Wildman–Crippen MR) is 124 cm³/mol. The minimum Gasteiger partial charge on any atom is -0.379 e. The molecule has 0 atom stereocenters. The van der Waals surface area contributed by atoms with Gasteiger partial charge in [-0.25, -0.2) is 4.79 Å². The number of hydroxylamine groups is 2. The first kappa shape index (κ1) is 31.6. The third-order valence-electron chi connectivity index (χ3n) is 4.65. The number of nitrogens with zero attached hydrogens (tertiary/aromatic N) is 8. The zero-order chi connectivity index (χ0) is 27.1. The van der Waals surface area contributed by atoms with Crippen molar-refractivity contribution in [3.8, 4) is 0 Å². The van der Waals surface area contributed by atoms with E-state index in [1.54, 1.807) is 0 Å². The maximum absolute atomic E-state index is 12.7. The van der Waals surface area contributed by atoms with E-state index in [-0.39, 0.29) is 111 Å². The summed E-state index contributed by atoms with van der Waals surface area (Å²) in [6.45, 7) is 2.96. The van der Waals surface area contributed by atoms with Gasteiger partial charge in [0, 0.05) is 55.3 Å². The van der Waals surface area contributed by atoms with E-state index in [0.29, 0.717) is 5.06 Å². The van der Waals surface area contributed by atoms with E-state index in [9.17, 15) is 19.2 Å². The monoisotopic (exact) mass is 528 g/mol. The van der Waals surface area contributed by atoms with Crippen LogP contribution in [-0.2, 0) is 43.0 Å². The highest BCUT2D eigenvalue weighted by Gasteiger charge is 2.32. The summed E-state index contributed by atoms with van der Waals surface area (Å²) >= 11 is 0. The van der Waals surface area contributed by atoms with Crippen LogP contribution in [0.2, 0.25) is 0 Å². The Bertz CT molecular complexity index is 781. The van der Waals surface area contributed by atoms with Gasteiger partial charge in [-0.3, -0.25) is 14.4 Å². The third-order valence-corrected chi connectivity index (χ3v) is 4.65. The van der Waals surface area contributed by atoms with Gasteiger partial charge in [0.15, 0.2) is 0 Å². The van der Waals surface area contributed by atoms with Gasteiger partial charge in [0.25, 0.3) is 11.8 Å². The van der Waals surface area contributed by atoms with Crippen LogP contribution in [-0.4, -0.2) is 113 Å². The Morgan fingerprint density at radius 2 is 1.22 bits per heavy atom. The summed E-state index contributed by atoms with van der Waals surface area (Å²) in [7, 11) is 0. The number of rotatable bonds is 22. The van der Waals surface area contributed by atoms with Crippen LogP contribution in [0.3, 0.4) is 0 Å². The van der Waals surface area contributed by atoms with E-state index in [2.05, 4.69) is 20.1 Å². The molecule has 1 heterocycles. The van der Waals surface area contributed by atoms with Gasteiger partial charge in [-0.1, -0.05) is 10.2 Å². The number of amides is 3. The van der Waals surface area contributed by atoms with Gasteiger partial charge in [-0.2, -0.15) is 0 Å². The van der Waals surface area contributed by atoms with Crippen LogP contribution in [0.25, 0.3) is 20.9 Å². The molecule has 0 spiro atoms. The molecule has 0 aromatic heterocycles. The third kappa shape index (κ3) is 15.3. The topological polar surface area (TPSA) is 218 Å². The molecule has 1 aliphatic rings. The molecule has 0 aliphatic carbocycles. The molecule has 0 unspecified atom stereocenters. The highest BCUT2D eigenvalue weighted by molar-refractivity contribution is 6.01. The normalized spacial score (nSPS) is 12.7. The summed E-state index contributed by atoms with van der Waals surface area (Å²) in [6.07, 6.45) is -0.542. The second-order valence-corrected chi connectivity index (χ2v) is 7.28. The van der Waals surface area contributed by atoms with Crippen LogP contribution >= 0.6 is 0 Å². The largest absolute Gasteiger partial charge is 0.379 e. The van der Waals surface area contributed by atoms with Crippen molar-refractivity contribution >= 4 is 23.7 Å². The fourth-order valence-corrected chi connectivity index (χ4v) is 2.83. The molecule has 17 nitrogen and oxygen atoms in total. The van der Waals surface area contributed by atoms with E-state index in [0.717, 1.165) is 0 Å². The van der Waals surface area contributed by atoms with Gasteiger partial charge in [-0.05, 0) is 11.1 Å². The Hall–Kier alpha value is -3.46. The Balaban J connectivity index is 2.37. The lowest BCUT2D eigenvalue weighted by molar-refractivity contribution is -0.197. The van der Waals surface area contributed by atoms with Crippen LogP contribution in [0.4, 0.5) is 0 Å². The van der Waals surface area contributed by atoms with Gasteiger partial charge in [0.2, 0.25) is 5.91 Å². The van der Waals surface area contributed by atoms with E-state index in [4.69, 9.17) is 34.8 Å². The second-order valence-electron chi connectivity index (χ2n) is 7.28. The molecule has 3 amide bonds. The van der Waals surface area contributed by atoms with Crippen LogP contribution < -0.4 is 0 Å². The van der Waals surface area contributed by atoms with E-state index in [1.807, 2.05) is 0 Å². The number of ether oxygens (including phenoxy) is 4. The average Bonchev–Trinajstić information content (AvgIpc) is 3.20. The summed E-state index contributed by atoms with van der Waals surface area (Å²) in [5.74, 6) is -2.41. The minimum absolute atomic E-state index is 0.0173. The molecule has 1 saturated heterocycles. The van der Waals surface area contributed by atoms with Crippen LogP contribution in [0.1, 0.15) is 25.7 Å². The molecular weight excluding hydrogens is 496 g/mol. The summed E-state index contributed by atoms with van der Waals surface area (Å²) in [4.78, 5) is 59.3. The quantitative estimate of drug-likeness (QED) is 0.0639. The van der Waals surface area contributed by atoms with Gasteiger partial charge in [0.1, 0.15) is 0 Å². The molecule has 0 N–H and O–H groups in total. The second kappa shape index (κ2) is 20.7. The van der Waals surface area contributed by atoms with E-state index >= 15 is 0 Å². The summed E-state index contributed by atoms with van der Waals surface area (Å²) in [5, 5.41) is 7.13. The van der Waals surface area contributed by atoms with E-state index < -0.39 is 17.8 Å². The van der Waals surface area contributed by atoms with Crippen LogP contribution in [0.5, 0.6) is 0 Å². The summed E-state index contributed by atoms with van der Waals surface area (Å²) in [6, 6.07) is 0. The molecule has 0 aromatic carbocycles. The van der Waals surface area contributed by atoms with Gasteiger partial charge in [-0.15, -0.1) is 5.06 Å². The zero-order valence-corrected chi connectivity index (χ0v) is 20.6. The summed E-state index contributed by atoms with van der Waals surface area (Å²) < 4.78 is 21.4. The van der Waals surface area contributed by atoms with Gasteiger partial charge >= 0.3 is 5.97 Å². The Morgan fingerprint density at radius 3 is 1.68 bits per heavy atom. The van der Waals surface area contributed by atoms with Crippen molar-refractivity contribution in [2.45, 2.75) is 25.7 Å². The van der Waals surface area contributed by atoms with Crippen molar-refractivity contribution in [2.75, 3.05) is 79.0 Å². The smallest absolute Gasteiger partial charge is 0.333 e.